The minimum Gasteiger partial charge on any atom is -0.486 e. The van der Waals surface area contributed by atoms with Crippen LogP contribution in [0.4, 0.5) is 5.69 Å². The zero-order valence-electron chi connectivity index (χ0n) is 14.1. The highest BCUT2D eigenvalue weighted by molar-refractivity contribution is 5.94. The molecule has 0 unspecified atom stereocenters. The summed E-state index contributed by atoms with van der Waals surface area (Å²) in [5, 5.41) is 3.28. The Morgan fingerprint density at radius 3 is 2.77 bits per heavy atom. The molecule has 1 aromatic heterocycles. The van der Waals surface area contributed by atoms with E-state index in [1.165, 1.54) is 10.9 Å². The summed E-state index contributed by atoms with van der Waals surface area (Å²) in [6.07, 6.45) is 1.40. The van der Waals surface area contributed by atoms with Crippen molar-refractivity contribution in [3.63, 3.8) is 0 Å². The minimum absolute atomic E-state index is 0.250. The minimum atomic E-state index is -0.715. The summed E-state index contributed by atoms with van der Waals surface area (Å²) in [5.74, 6) is 0.921. The molecule has 0 spiro atoms. The predicted octanol–water partition coefficient (Wildman–Crippen LogP) is 2.37. The summed E-state index contributed by atoms with van der Waals surface area (Å²) >= 11 is 0. The van der Waals surface area contributed by atoms with Gasteiger partial charge in [0.25, 0.3) is 5.56 Å². The molecule has 1 N–H and O–H groups in total. The molecule has 2 heterocycles. The number of carbonyl (C=O) groups excluding carboxylic acids is 1. The first-order valence-electron chi connectivity index (χ1n) is 8.30. The molecule has 7 nitrogen and oxygen atoms in total. The SMILES string of the molecule is C[C@@H](C(=O)Nc1ccc2c(c1)OCCO2)n1cnc2ccccc2c1=O. The largest absolute Gasteiger partial charge is 0.486 e. The van der Waals surface area contributed by atoms with Crippen LogP contribution in [0.25, 0.3) is 10.9 Å². The van der Waals surface area contributed by atoms with E-state index in [1.807, 2.05) is 6.07 Å². The van der Waals surface area contributed by atoms with Gasteiger partial charge in [-0.1, -0.05) is 12.1 Å². The van der Waals surface area contributed by atoms with E-state index >= 15 is 0 Å². The van der Waals surface area contributed by atoms with Gasteiger partial charge in [0.1, 0.15) is 19.3 Å². The highest BCUT2D eigenvalue weighted by Crippen LogP contribution is 2.32. The molecule has 0 saturated carbocycles. The molecule has 2 aromatic carbocycles. The molecule has 7 heteroatoms. The number of nitrogens with zero attached hydrogens (tertiary/aromatic N) is 2. The molecule has 0 bridgehead atoms. The van der Waals surface area contributed by atoms with Crippen LogP contribution in [0.5, 0.6) is 11.5 Å². The standard InChI is InChI=1S/C19H17N3O4/c1-12(22-11-20-15-5-3-2-4-14(15)19(22)24)18(23)21-13-6-7-16-17(10-13)26-9-8-25-16/h2-7,10-12H,8-9H2,1H3,(H,21,23)/t12-/m0/s1. The molecule has 3 aromatic rings. The average Bonchev–Trinajstić information content (AvgIpc) is 2.68. The Labute approximate surface area is 149 Å². The van der Waals surface area contributed by atoms with Gasteiger partial charge in [-0.15, -0.1) is 0 Å². The molecule has 0 fully saturated rings. The quantitative estimate of drug-likeness (QED) is 0.783. The Kier molecular flexibility index (Phi) is 4.04. The average molecular weight is 351 g/mol. The van der Waals surface area contributed by atoms with Gasteiger partial charge in [-0.05, 0) is 31.2 Å². The molecule has 1 aliphatic heterocycles. The lowest BCUT2D eigenvalue weighted by molar-refractivity contribution is -0.118. The van der Waals surface area contributed by atoms with Gasteiger partial charge in [0.2, 0.25) is 5.91 Å². The van der Waals surface area contributed by atoms with Gasteiger partial charge < -0.3 is 14.8 Å². The summed E-state index contributed by atoms with van der Waals surface area (Å²) in [6.45, 7) is 2.64. The van der Waals surface area contributed by atoms with Crippen molar-refractivity contribution in [3.8, 4) is 11.5 Å². The number of hydrogen-bond acceptors (Lipinski definition) is 5. The fourth-order valence-corrected chi connectivity index (χ4v) is 2.85. The lowest BCUT2D eigenvalue weighted by Gasteiger charge is -2.20. The smallest absolute Gasteiger partial charge is 0.261 e. The first-order chi connectivity index (χ1) is 12.6. The van der Waals surface area contributed by atoms with E-state index < -0.39 is 6.04 Å². The predicted molar refractivity (Wildman–Crippen MR) is 96.8 cm³/mol. The Balaban J connectivity index is 1.59. The first-order valence-corrected chi connectivity index (χ1v) is 8.30. The van der Waals surface area contributed by atoms with Crippen LogP contribution in [0.3, 0.4) is 0 Å². The number of carbonyl (C=O) groups is 1. The van der Waals surface area contributed by atoms with E-state index in [0.29, 0.717) is 41.3 Å². The normalized spacial score (nSPS) is 14.0. The maximum absolute atomic E-state index is 12.6. The number of rotatable bonds is 3. The van der Waals surface area contributed by atoms with Crippen LogP contribution in [0.2, 0.25) is 0 Å². The van der Waals surface area contributed by atoms with Gasteiger partial charge in [-0.2, -0.15) is 0 Å². The third-order valence-electron chi connectivity index (χ3n) is 4.30. The van der Waals surface area contributed by atoms with Crippen molar-refractivity contribution in [1.82, 2.24) is 9.55 Å². The van der Waals surface area contributed by atoms with Crippen LogP contribution in [-0.2, 0) is 4.79 Å². The van der Waals surface area contributed by atoms with Crippen molar-refractivity contribution < 1.29 is 14.3 Å². The summed E-state index contributed by atoms with van der Waals surface area (Å²) in [4.78, 5) is 29.5. The van der Waals surface area contributed by atoms with Crippen molar-refractivity contribution >= 4 is 22.5 Å². The number of amides is 1. The van der Waals surface area contributed by atoms with E-state index in [4.69, 9.17) is 9.47 Å². The van der Waals surface area contributed by atoms with Crippen LogP contribution in [-0.4, -0.2) is 28.7 Å². The van der Waals surface area contributed by atoms with Gasteiger partial charge in [-0.3, -0.25) is 14.2 Å². The topological polar surface area (TPSA) is 82.4 Å². The number of hydrogen-bond donors (Lipinski definition) is 1. The highest BCUT2D eigenvalue weighted by Gasteiger charge is 2.19. The fraction of sp³-hybridized carbons (Fsp3) is 0.211. The second-order valence-electron chi connectivity index (χ2n) is 6.00. The molecule has 132 valence electrons. The maximum Gasteiger partial charge on any atom is 0.261 e. The molecule has 4 rings (SSSR count). The maximum atomic E-state index is 12.6. The van der Waals surface area contributed by atoms with Crippen LogP contribution < -0.4 is 20.3 Å². The number of fused-ring (bicyclic) bond motifs is 2. The third kappa shape index (κ3) is 2.88. The Morgan fingerprint density at radius 2 is 1.92 bits per heavy atom. The van der Waals surface area contributed by atoms with Crippen molar-refractivity contribution in [2.45, 2.75) is 13.0 Å². The Morgan fingerprint density at radius 1 is 1.15 bits per heavy atom. The number of benzene rings is 2. The summed E-state index contributed by atoms with van der Waals surface area (Å²) in [6, 6.07) is 11.5. The van der Waals surface area contributed by atoms with Gasteiger partial charge in [0.15, 0.2) is 11.5 Å². The number of nitrogens with one attached hydrogen (secondary N) is 1. The highest BCUT2D eigenvalue weighted by atomic mass is 16.6. The van der Waals surface area contributed by atoms with E-state index in [2.05, 4.69) is 10.3 Å². The van der Waals surface area contributed by atoms with Crippen molar-refractivity contribution in [1.29, 1.82) is 0 Å². The third-order valence-corrected chi connectivity index (χ3v) is 4.30. The van der Waals surface area contributed by atoms with E-state index in [-0.39, 0.29) is 11.5 Å². The number of ether oxygens (including phenoxy) is 2. The molecular weight excluding hydrogens is 334 g/mol. The van der Waals surface area contributed by atoms with Crippen LogP contribution in [0.15, 0.2) is 53.6 Å². The van der Waals surface area contributed by atoms with Crippen molar-refractivity contribution in [2.24, 2.45) is 0 Å². The van der Waals surface area contributed by atoms with Crippen LogP contribution in [0, 0.1) is 0 Å². The van der Waals surface area contributed by atoms with E-state index in [9.17, 15) is 9.59 Å². The van der Waals surface area contributed by atoms with Gasteiger partial charge >= 0.3 is 0 Å². The zero-order valence-corrected chi connectivity index (χ0v) is 14.1. The number of para-hydroxylation sites is 1. The number of aromatic nitrogens is 2. The molecule has 0 saturated heterocycles. The van der Waals surface area contributed by atoms with Crippen LogP contribution in [0.1, 0.15) is 13.0 Å². The van der Waals surface area contributed by atoms with Crippen molar-refractivity contribution in [3.05, 3.63) is 59.1 Å². The lowest BCUT2D eigenvalue weighted by Crippen LogP contribution is -2.31. The summed E-state index contributed by atoms with van der Waals surface area (Å²) in [7, 11) is 0. The summed E-state index contributed by atoms with van der Waals surface area (Å²) < 4.78 is 12.3. The van der Waals surface area contributed by atoms with Gasteiger partial charge in [-0.25, -0.2) is 4.98 Å². The van der Waals surface area contributed by atoms with Gasteiger partial charge in [0, 0.05) is 11.8 Å². The second-order valence-corrected chi connectivity index (χ2v) is 6.00. The lowest BCUT2D eigenvalue weighted by atomic mass is 10.2. The molecule has 1 aliphatic rings. The van der Waals surface area contributed by atoms with E-state index in [0.717, 1.165) is 0 Å². The second kappa shape index (κ2) is 6.51. The summed E-state index contributed by atoms with van der Waals surface area (Å²) in [5.41, 5.74) is 0.932. The molecule has 0 radical (unpaired) electrons. The molecule has 1 atom stereocenters. The molecule has 26 heavy (non-hydrogen) atoms. The Bertz CT molecular complexity index is 1040. The van der Waals surface area contributed by atoms with Gasteiger partial charge in [0.05, 0.1) is 17.2 Å². The monoisotopic (exact) mass is 351 g/mol. The first kappa shape index (κ1) is 16.1. The number of anilines is 1. The zero-order chi connectivity index (χ0) is 18.1. The molecular formula is C19H17N3O4. The fourth-order valence-electron chi connectivity index (χ4n) is 2.85. The Hall–Kier alpha value is -3.35. The van der Waals surface area contributed by atoms with Crippen molar-refractivity contribution in [2.75, 3.05) is 18.5 Å². The van der Waals surface area contributed by atoms with E-state index in [1.54, 1.807) is 43.3 Å². The molecule has 0 aliphatic carbocycles. The van der Waals surface area contributed by atoms with Crippen LogP contribution >= 0.6 is 0 Å². The molecule has 1 amide bonds.